The number of alkyl halides is 3. The number of nitrogens with two attached hydrogens (primary N) is 1. The zero-order valence-electron chi connectivity index (χ0n) is 32.3. The Morgan fingerprint density at radius 1 is 0.625 bits per heavy atom. The summed E-state index contributed by atoms with van der Waals surface area (Å²) in [6, 6.07) is 32.7. The third-order valence-corrected chi connectivity index (χ3v) is 9.27. The van der Waals surface area contributed by atoms with Crippen molar-refractivity contribution in [3.63, 3.8) is 0 Å². The van der Waals surface area contributed by atoms with Gasteiger partial charge in [0.2, 0.25) is 0 Å². The van der Waals surface area contributed by atoms with Gasteiger partial charge in [-0.3, -0.25) is 0 Å². The van der Waals surface area contributed by atoms with Gasteiger partial charge in [0.15, 0.2) is 0 Å². The maximum Gasteiger partial charge on any atom is 0.418 e. The second-order valence-electron chi connectivity index (χ2n) is 11.5. The first-order valence-electron chi connectivity index (χ1n) is 17.8. The van der Waals surface area contributed by atoms with Crippen molar-refractivity contribution in [1.29, 1.82) is 0 Å². The molecule has 14 heteroatoms. The van der Waals surface area contributed by atoms with E-state index >= 15 is 0 Å². The number of hydrogen-bond donors (Lipinski definition) is 5. The Bertz CT molecular complexity index is 1850. The second kappa shape index (κ2) is 28.1. The SMILES string of the molecule is CC(N)c1ccc(Cl)c(Cl)c1.CCNc1ccc(OC)c(Cl)c1.CCNc1cccc(Br)c1.CCNc1ccccc1Br.CCNc1ccccc1C(F)(F)F. The van der Waals surface area contributed by atoms with Gasteiger partial charge < -0.3 is 31.7 Å². The lowest BCUT2D eigenvalue weighted by atomic mass is 10.1. The molecule has 0 heterocycles. The van der Waals surface area contributed by atoms with Crippen molar-refractivity contribution in [2.75, 3.05) is 54.6 Å². The molecule has 1 atom stereocenters. The monoisotopic (exact) mass is 961 g/mol. The van der Waals surface area contributed by atoms with Crippen LogP contribution < -0.4 is 31.7 Å². The highest BCUT2D eigenvalue weighted by Gasteiger charge is 2.32. The Labute approximate surface area is 362 Å². The Morgan fingerprint density at radius 2 is 1.18 bits per heavy atom. The fourth-order valence-electron chi connectivity index (χ4n) is 4.45. The van der Waals surface area contributed by atoms with E-state index < -0.39 is 11.7 Å². The fraction of sp³-hybridized carbons (Fsp3) is 0.286. The van der Waals surface area contributed by atoms with Gasteiger partial charge in [-0.25, -0.2) is 0 Å². The summed E-state index contributed by atoms with van der Waals surface area (Å²) < 4.78 is 44.3. The van der Waals surface area contributed by atoms with Crippen LogP contribution in [-0.4, -0.2) is 33.3 Å². The minimum Gasteiger partial charge on any atom is -0.495 e. The molecule has 0 aromatic heterocycles. The molecule has 0 bridgehead atoms. The standard InChI is InChI=1S/C9H12ClNO.C9H10F3N.2C8H10BrN.C8H9Cl2N/c1-3-11-7-4-5-9(12-2)8(10)6-7;1-2-13-8-6-4-3-5-7(8)9(10,11)12;1-2-10-8-5-3-4-7(9)6-8;1-2-10-8-6-4-3-5-7(8)9;1-5(11)6-2-3-7(9)8(10)4-6/h4-6,11H,3H2,1-2H3;3-6,13H,2H2,1H3;2*3-6,10H,2H2,1H3;2-5H,11H2,1H3. The lowest BCUT2D eigenvalue weighted by Gasteiger charge is -2.12. The van der Waals surface area contributed by atoms with E-state index in [2.05, 4.69) is 73.0 Å². The van der Waals surface area contributed by atoms with Crippen LogP contribution in [0.25, 0.3) is 0 Å². The van der Waals surface area contributed by atoms with E-state index in [-0.39, 0.29) is 11.7 Å². The van der Waals surface area contributed by atoms with Gasteiger partial charge in [-0.2, -0.15) is 13.2 Å². The van der Waals surface area contributed by atoms with Gasteiger partial charge in [-0.15, -0.1) is 0 Å². The lowest BCUT2D eigenvalue weighted by Crippen LogP contribution is -2.10. The molecule has 5 aromatic carbocycles. The molecule has 0 aliphatic rings. The van der Waals surface area contributed by atoms with Gasteiger partial charge >= 0.3 is 6.18 Å². The summed E-state index contributed by atoms with van der Waals surface area (Å²) in [4.78, 5) is 0. The number of nitrogens with one attached hydrogen (secondary N) is 4. The van der Waals surface area contributed by atoms with E-state index in [0.717, 1.165) is 57.3 Å². The van der Waals surface area contributed by atoms with Crippen LogP contribution in [0.4, 0.5) is 35.9 Å². The normalized spacial score (nSPS) is 10.6. The molecule has 1 unspecified atom stereocenters. The van der Waals surface area contributed by atoms with Crippen LogP contribution in [0, 0.1) is 0 Å². The minimum absolute atomic E-state index is 0.00441. The van der Waals surface area contributed by atoms with Crippen LogP contribution in [-0.2, 0) is 6.18 Å². The Hall–Kier alpha value is -3.32. The van der Waals surface area contributed by atoms with E-state index in [0.29, 0.717) is 27.4 Å². The zero-order chi connectivity index (χ0) is 42.1. The molecule has 6 N–H and O–H groups in total. The molecule has 0 radical (unpaired) electrons. The average molecular weight is 965 g/mol. The second-order valence-corrected chi connectivity index (χ2v) is 14.5. The largest absolute Gasteiger partial charge is 0.495 e. The van der Waals surface area contributed by atoms with E-state index in [4.69, 9.17) is 45.3 Å². The van der Waals surface area contributed by atoms with Crippen LogP contribution >= 0.6 is 66.7 Å². The molecule has 0 aliphatic carbocycles. The highest BCUT2D eigenvalue weighted by atomic mass is 79.9. The third kappa shape index (κ3) is 20.2. The average Bonchev–Trinajstić information content (AvgIpc) is 3.15. The lowest BCUT2D eigenvalue weighted by molar-refractivity contribution is -0.136. The summed E-state index contributed by atoms with van der Waals surface area (Å²) in [6.07, 6.45) is -4.28. The highest BCUT2D eigenvalue weighted by molar-refractivity contribution is 9.10. The summed E-state index contributed by atoms with van der Waals surface area (Å²) in [6.45, 7) is 13.2. The molecule has 5 rings (SSSR count). The van der Waals surface area contributed by atoms with E-state index in [9.17, 15) is 13.2 Å². The topological polar surface area (TPSA) is 83.4 Å². The number of halogens is 8. The first-order valence-corrected chi connectivity index (χ1v) is 20.5. The summed E-state index contributed by atoms with van der Waals surface area (Å²) >= 11 is 24.2. The van der Waals surface area contributed by atoms with Gasteiger partial charge in [-0.1, -0.05) is 87.1 Å². The summed E-state index contributed by atoms with van der Waals surface area (Å²) in [5.74, 6) is 0.707. The smallest absolute Gasteiger partial charge is 0.418 e. The Balaban J connectivity index is 0.000000351. The molecule has 0 amide bonds. The van der Waals surface area contributed by atoms with E-state index in [1.807, 2.05) is 80.6 Å². The number of ether oxygens (including phenoxy) is 1. The van der Waals surface area contributed by atoms with E-state index in [1.54, 1.807) is 32.2 Å². The fourth-order valence-corrected chi connectivity index (χ4v) is 5.84. The van der Waals surface area contributed by atoms with Crippen LogP contribution in [0.3, 0.4) is 0 Å². The number of benzene rings is 5. The molecule has 5 aromatic rings. The van der Waals surface area contributed by atoms with Crippen molar-refractivity contribution in [2.45, 2.75) is 46.8 Å². The van der Waals surface area contributed by atoms with Crippen molar-refractivity contribution in [3.05, 3.63) is 144 Å². The molecule has 0 spiro atoms. The van der Waals surface area contributed by atoms with Gasteiger partial charge in [0.25, 0.3) is 0 Å². The predicted molar refractivity (Wildman–Crippen MR) is 243 cm³/mol. The van der Waals surface area contributed by atoms with Crippen molar-refractivity contribution in [2.24, 2.45) is 5.73 Å². The number of hydrogen-bond acceptors (Lipinski definition) is 6. The number of methoxy groups -OCH3 is 1. The first-order chi connectivity index (χ1) is 26.6. The van der Waals surface area contributed by atoms with Crippen LogP contribution in [0.2, 0.25) is 15.1 Å². The number of anilines is 4. The molecule has 0 saturated carbocycles. The molecular formula is C42H51Br2Cl3F3N5O. The van der Waals surface area contributed by atoms with Gasteiger partial charge in [0.1, 0.15) is 5.75 Å². The van der Waals surface area contributed by atoms with E-state index in [1.165, 1.54) is 12.1 Å². The van der Waals surface area contributed by atoms with Crippen LogP contribution in [0.5, 0.6) is 5.75 Å². The molecule has 6 nitrogen and oxygen atoms in total. The molecule has 0 aliphatic heterocycles. The minimum atomic E-state index is -4.28. The maximum absolute atomic E-state index is 12.3. The Morgan fingerprint density at radius 3 is 1.68 bits per heavy atom. The molecule has 0 fully saturated rings. The zero-order valence-corrected chi connectivity index (χ0v) is 37.7. The summed E-state index contributed by atoms with van der Waals surface area (Å²) in [7, 11) is 1.61. The van der Waals surface area contributed by atoms with Gasteiger partial charge in [0, 0.05) is 63.9 Å². The molecule has 0 saturated heterocycles. The van der Waals surface area contributed by atoms with Crippen LogP contribution in [0.1, 0.15) is 51.8 Å². The number of para-hydroxylation sites is 2. The highest BCUT2D eigenvalue weighted by Crippen LogP contribution is 2.34. The predicted octanol–water partition coefficient (Wildman–Crippen LogP) is 14.7. The van der Waals surface area contributed by atoms with Crippen molar-refractivity contribution < 1.29 is 17.9 Å². The van der Waals surface area contributed by atoms with Gasteiger partial charge in [0.05, 0.1) is 27.7 Å². The van der Waals surface area contributed by atoms with Crippen molar-refractivity contribution in [3.8, 4) is 5.75 Å². The first kappa shape index (κ1) is 50.7. The molecule has 306 valence electrons. The molecular weight excluding hydrogens is 914 g/mol. The van der Waals surface area contributed by atoms with Gasteiger partial charge in [-0.05, 0) is 129 Å². The van der Waals surface area contributed by atoms with Crippen LogP contribution in [0.15, 0.2) is 118 Å². The molecule has 56 heavy (non-hydrogen) atoms. The quantitative estimate of drug-likeness (QED) is 0.0959. The van der Waals surface area contributed by atoms with Crippen molar-refractivity contribution >= 4 is 89.4 Å². The maximum atomic E-state index is 12.3. The third-order valence-electron chi connectivity index (χ3n) is 7.05. The number of rotatable bonds is 10. The Kier molecular flexibility index (Phi) is 25.5. The summed E-state index contributed by atoms with van der Waals surface area (Å²) in [5.41, 5.74) is 9.49. The summed E-state index contributed by atoms with van der Waals surface area (Å²) in [5, 5.41) is 14.0. The van der Waals surface area contributed by atoms with Crippen molar-refractivity contribution in [1.82, 2.24) is 0 Å².